The van der Waals surface area contributed by atoms with Crippen LogP contribution in [0.25, 0.3) is 10.9 Å². The van der Waals surface area contributed by atoms with E-state index < -0.39 is 17.7 Å². The van der Waals surface area contributed by atoms with Crippen molar-refractivity contribution in [3.63, 3.8) is 0 Å². The fourth-order valence-corrected chi connectivity index (χ4v) is 3.82. The first-order chi connectivity index (χ1) is 11.9. The summed E-state index contributed by atoms with van der Waals surface area (Å²) in [6.07, 6.45) is 0.439. The number of hydrogen-bond acceptors (Lipinski definition) is 4. The number of halogens is 3. The van der Waals surface area contributed by atoms with Crippen molar-refractivity contribution in [2.24, 2.45) is 0 Å². The number of nitrogens with zero attached hydrogens (tertiary/aromatic N) is 3. The monoisotopic (exact) mass is 413 g/mol. The predicted molar refractivity (Wildman–Crippen MR) is 90.2 cm³/mol. The third-order valence-corrected chi connectivity index (χ3v) is 5.47. The van der Waals surface area contributed by atoms with Crippen molar-refractivity contribution in [2.75, 3.05) is 24.6 Å². The molecule has 25 heavy (non-hydrogen) atoms. The van der Waals surface area contributed by atoms with E-state index in [1.807, 2.05) is 4.90 Å². The number of piperazine rings is 1. The van der Waals surface area contributed by atoms with Gasteiger partial charge in [-0.15, -0.1) is 0 Å². The number of pyridine rings is 1. The molecule has 0 saturated carbocycles. The number of hydrogen-bond donors (Lipinski definition) is 1. The first kappa shape index (κ1) is 16.3. The summed E-state index contributed by atoms with van der Waals surface area (Å²) in [4.78, 5) is 18.8. The van der Waals surface area contributed by atoms with Crippen LogP contribution in [0.5, 0.6) is 5.75 Å². The molecule has 2 aliphatic heterocycles. The van der Waals surface area contributed by atoms with Gasteiger partial charge in [0.05, 0.1) is 22.4 Å². The van der Waals surface area contributed by atoms with Crippen molar-refractivity contribution < 1.29 is 23.4 Å². The Balaban J connectivity index is 1.88. The molecule has 0 aliphatic carbocycles. The van der Waals surface area contributed by atoms with E-state index in [0.717, 1.165) is 0 Å². The SMILES string of the molecule is C[C@@H]1CN2c3c(cnc4c(F)c(Br)c(F)cc34)OC[C@H]2CN1C(=O)O. The van der Waals surface area contributed by atoms with E-state index in [9.17, 15) is 18.7 Å². The molecule has 0 spiro atoms. The molecule has 3 heterocycles. The Morgan fingerprint density at radius 3 is 2.92 bits per heavy atom. The third-order valence-electron chi connectivity index (χ3n) is 4.74. The van der Waals surface area contributed by atoms with Crippen LogP contribution in [-0.4, -0.2) is 52.9 Å². The first-order valence-corrected chi connectivity index (χ1v) is 8.53. The quantitative estimate of drug-likeness (QED) is 0.671. The molecule has 1 saturated heterocycles. The fourth-order valence-electron chi connectivity index (χ4n) is 3.52. The molecular weight excluding hydrogens is 400 g/mol. The minimum Gasteiger partial charge on any atom is -0.488 e. The van der Waals surface area contributed by atoms with E-state index in [4.69, 9.17) is 4.74 Å². The molecule has 2 aromatic rings. The number of aromatic nitrogens is 1. The Bertz CT molecular complexity index is 895. The van der Waals surface area contributed by atoms with Gasteiger partial charge in [-0.3, -0.25) is 0 Å². The van der Waals surface area contributed by atoms with Crippen molar-refractivity contribution in [3.05, 3.63) is 28.4 Å². The van der Waals surface area contributed by atoms with Crippen molar-refractivity contribution in [3.8, 4) is 5.75 Å². The highest BCUT2D eigenvalue weighted by atomic mass is 79.9. The standard InChI is InChI=1S/C16H14BrF2N3O3/c1-7-4-22-8(5-21(7)16(23)24)6-25-11-3-20-14-9(15(11)22)2-10(18)12(17)13(14)19/h2-3,7-8H,4-6H2,1H3,(H,23,24)/t7-,8-/m1/s1. The highest BCUT2D eigenvalue weighted by molar-refractivity contribution is 9.10. The lowest BCUT2D eigenvalue weighted by Crippen LogP contribution is -2.61. The molecule has 0 bridgehead atoms. The zero-order chi connectivity index (χ0) is 17.9. The molecule has 1 N–H and O–H groups in total. The topological polar surface area (TPSA) is 65.9 Å². The highest BCUT2D eigenvalue weighted by Gasteiger charge is 2.39. The number of amides is 1. The number of rotatable bonds is 0. The van der Waals surface area contributed by atoms with Gasteiger partial charge in [-0.25, -0.2) is 18.6 Å². The van der Waals surface area contributed by atoms with Gasteiger partial charge in [0.25, 0.3) is 0 Å². The number of anilines is 1. The van der Waals surface area contributed by atoms with Gasteiger partial charge in [-0.2, -0.15) is 0 Å². The number of benzene rings is 1. The maximum atomic E-state index is 14.4. The Kier molecular flexibility index (Phi) is 3.71. The predicted octanol–water partition coefficient (Wildman–Crippen LogP) is 3.23. The Morgan fingerprint density at radius 1 is 1.44 bits per heavy atom. The van der Waals surface area contributed by atoms with Crippen molar-refractivity contribution >= 4 is 38.6 Å². The summed E-state index contributed by atoms with van der Waals surface area (Å²) in [5.74, 6) is -1.04. The average molecular weight is 414 g/mol. The van der Waals surface area contributed by atoms with Crippen LogP contribution in [0.2, 0.25) is 0 Å². The summed E-state index contributed by atoms with van der Waals surface area (Å²) in [5, 5.41) is 9.64. The lowest BCUT2D eigenvalue weighted by molar-refractivity contribution is 0.100. The molecule has 2 aliphatic rings. The van der Waals surface area contributed by atoms with Crippen molar-refractivity contribution in [1.82, 2.24) is 9.88 Å². The number of carbonyl (C=O) groups is 1. The minimum atomic E-state index is -0.987. The zero-order valence-corrected chi connectivity index (χ0v) is 14.8. The van der Waals surface area contributed by atoms with Gasteiger partial charge >= 0.3 is 6.09 Å². The second kappa shape index (κ2) is 5.69. The summed E-state index contributed by atoms with van der Waals surface area (Å²) >= 11 is 2.89. The molecule has 132 valence electrons. The van der Waals surface area contributed by atoms with Crippen LogP contribution >= 0.6 is 15.9 Å². The molecule has 9 heteroatoms. The largest absolute Gasteiger partial charge is 0.488 e. The van der Waals surface area contributed by atoms with Gasteiger partial charge in [-0.05, 0) is 28.9 Å². The zero-order valence-electron chi connectivity index (χ0n) is 13.2. The van der Waals surface area contributed by atoms with Crippen LogP contribution in [-0.2, 0) is 0 Å². The molecule has 0 unspecified atom stereocenters. The Hall–Kier alpha value is -2.16. The maximum Gasteiger partial charge on any atom is 0.407 e. The van der Waals surface area contributed by atoms with Gasteiger partial charge in [0.1, 0.15) is 17.9 Å². The van der Waals surface area contributed by atoms with Crippen LogP contribution in [0.1, 0.15) is 6.92 Å². The van der Waals surface area contributed by atoms with Gasteiger partial charge in [0, 0.05) is 24.5 Å². The molecule has 1 aromatic carbocycles. The van der Waals surface area contributed by atoms with E-state index in [-0.39, 0.29) is 35.2 Å². The summed E-state index contributed by atoms with van der Waals surface area (Å²) in [6.45, 7) is 2.77. The maximum absolute atomic E-state index is 14.4. The fraction of sp³-hybridized carbons (Fsp3) is 0.375. The van der Waals surface area contributed by atoms with E-state index in [2.05, 4.69) is 20.9 Å². The van der Waals surface area contributed by atoms with E-state index in [1.165, 1.54) is 17.2 Å². The highest BCUT2D eigenvalue weighted by Crippen LogP contribution is 2.42. The molecule has 6 nitrogen and oxygen atoms in total. The Labute approximate surface area is 150 Å². The molecule has 1 amide bonds. The second-order valence-electron chi connectivity index (χ2n) is 6.25. The van der Waals surface area contributed by atoms with Gasteiger partial charge in [0.15, 0.2) is 11.6 Å². The first-order valence-electron chi connectivity index (χ1n) is 7.73. The van der Waals surface area contributed by atoms with Crippen LogP contribution < -0.4 is 9.64 Å². The minimum absolute atomic E-state index is 0.0459. The summed E-state index contributed by atoms with van der Waals surface area (Å²) in [7, 11) is 0. The van der Waals surface area contributed by atoms with Gasteiger partial charge < -0.3 is 19.6 Å². The smallest absolute Gasteiger partial charge is 0.407 e. The van der Waals surface area contributed by atoms with E-state index >= 15 is 0 Å². The number of carboxylic acid groups (broad SMARTS) is 1. The van der Waals surface area contributed by atoms with Crippen LogP contribution in [0.4, 0.5) is 19.3 Å². The third kappa shape index (κ3) is 2.40. The van der Waals surface area contributed by atoms with E-state index in [1.54, 1.807) is 6.92 Å². The van der Waals surface area contributed by atoms with Crippen molar-refractivity contribution in [1.29, 1.82) is 0 Å². The molecule has 0 radical (unpaired) electrons. The lowest BCUT2D eigenvalue weighted by atomic mass is 10.0. The molecule has 1 aromatic heterocycles. The molecule has 1 fully saturated rings. The van der Waals surface area contributed by atoms with Crippen LogP contribution in [0, 0.1) is 11.6 Å². The Morgan fingerprint density at radius 2 is 2.20 bits per heavy atom. The van der Waals surface area contributed by atoms with Gasteiger partial charge in [-0.1, -0.05) is 0 Å². The molecular formula is C16H14BrF2N3O3. The number of ether oxygens (including phenoxy) is 1. The lowest BCUT2D eigenvalue weighted by Gasteiger charge is -2.47. The van der Waals surface area contributed by atoms with Crippen molar-refractivity contribution in [2.45, 2.75) is 19.0 Å². The van der Waals surface area contributed by atoms with Crippen LogP contribution in [0.15, 0.2) is 16.7 Å². The molecule has 2 atom stereocenters. The summed E-state index contributed by atoms with van der Waals surface area (Å²) < 4.78 is 33.9. The molecule has 4 rings (SSSR count). The van der Waals surface area contributed by atoms with Crippen LogP contribution in [0.3, 0.4) is 0 Å². The number of fused-ring (bicyclic) bond motifs is 5. The summed E-state index contributed by atoms with van der Waals surface area (Å²) in [6, 6.07) is 0.752. The van der Waals surface area contributed by atoms with E-state index in [0.29, 0.717) is 23.4 Å². The summed E-state index contributed by atoms with van der Waals surface area (Å²) in [5.41, 5.74) is 0.605. The average Bonchev–Trinajstić information content (AvgIpc) is 2.58. The normalized spacial score (nSPS) is 22.4. The van der Waals surface area contributed by atoms with Gasteiger partial charge in [0.2, 0.25) is 0 Å². The second-order valence-corrected chi connectivity index (χ2v) is 7.05.